The van der Waals surface area contributed by atoms with Crippen LogP contribution in [0.5, 0.6) is 0 Å². The number of nitrogens with one attached hydrogen (secondary N) is 1. The molecular formula is C23H29Cl2N3O4S. The Morgan fingerprint density at radius 3 is 2.27 bits per heavy atom. The van der Waals surface area contributed by atoms with Crippen LogP contribution in [0.3, 0.4) is 0 Å². The molecule has 0 saturated heterocycles. The van der Waals surface area contributed by atoms with Crippen LogP contribution < -0.4 is 9.62 Å². The first-order valence-corrected chi connectivity index (χ1v) is 13.0. The lowest BCUT2D eigenvalue weighted by Gasteiger charge is -2.32. The number of aryl methyl sites for hydroxylation is 1. The number of hydrogen-bond acceptors (Lipinski definition) is 4. The van der Waals surface area contributed by atoms with Crippen molar-refractivity contribution in [2.24, 2.45) is 0 Å². The first-order valence-electron chi connectivity index (χ1n) is 10.4. The number of sulfonamides is 1. The minimum atomic E-state index is -3.82. The lowest BCUT2D eigenvalue weighted by Crippen LogP contribution is -2.52. The maximum absolute atomic E-state index is 13.4. The third-order valence-corrected chi connectivity index (χ3v) is 6.75. The molecule has 2 aromatic rings. The van der Waals surface area contributed by atoms with E-state index >= 15 is 0 Å². The van der Waals surface area contributed by atoms with Gasteiger partial charge in [0.05, 0.1) is 11.9 Å². The molecule has 0 saturated carbocycles. The Balaban J connectivity index is 2.41. The Labute approximate surface area is 205 Å². The molecule has 7 nitrogen and oxygen atoms in total. The van der Waals surface area contributed by atoms with E-state index in [9.17, 15) is 18.0 Å². The molecule has 1 N–H and O–H groups in total. The number of benzene rings is 2. The molecule has 1 atom stereocenters. The third-order valence-electron chi connectivity index (χ3n) is 4.96. The Bertz CT molecular complexity index is 1120. The van der Waals surface area contributed by atoms with E-state index in [0.29, 0.717) is 15.6 Å². The van der Waals surface area contributed by atoms with Gasteiger partial charge in [0.25, 0.3) is 0 Å². The molecule has 0 aliphatic rings. The largest absolute Gasteiger partial charge is 0.352 e. The molecule has 180 valence electrons. The fourth-order valence-corrected chi connectivity index (χ4v) is 4.40. The van der Waals surface area contributed by atoms with Crippen molar-refractivity contribution < 1.29 is 18.0 Å². The van der Waals surface area contributed by atoms with Gasteiger partial charge in [-0.3, -0.25) is 13.9 Å². The highest BCUT2D eigenvalue weighted by Gasteiger charge is 2.30. The van der Waals surface area contributed by atoms with Gasteiger partial charge in [-0.1, -0.05) is 41.4 Å². The van der Waals surface area contributed by atoms with Crippen LogP contribution >= 0.6 is 23.2 Å². The summed E-state index contributed by atoms with van der Waals surface area (Å²) < 4.78 is 26.1. The van der Waals surface area contributed by atoms with Crippen molar-refractivity contribution in [1.29, 1.82) is 0 Å². The molecule has 0 heterocycles. The summed E-state index contributed by atoms with van der Waals surface area (Å²) in [5.41, 5.74) is 1.76. The molecule has 2 rings (SSSR count). The van der Waals surface area contributed by atoms with Crippen molar-refractivity contribution in [2.45, 2.75) is 46.3 Å². The zero-order chi connectivity index (χ0) is 24.9. The van der Waals surface area contributed by atoms with Gasteiger partial charge in [0.15, 0.2) is 0 Å². The molecule has 10 heteroatoms. The van der Waals surface area contributed by atoms with Crippen LogP contribution in [-0.2, 0) is 26.2 Å². The first-order chi connectivity index (χ1) is 15.3. The summed E-state index contributed by atoms with van der Waals surface area (Å²) >= 11 is 12.3. The standard InChI is InChI=1S/C23H29Cl2N3O4S/c1-15(2)26-23(30)17(4)27(13-18-7-6-8-19(24)11-18)22(29)14-28(33(5,31)32)20-10-9-16(3)21(25)12-20/h6-12,15,17H,13-14H2,1-5H3,(H,26,30)/t17-/m0/s1. The summed E-state index contributed by atoms with van der Waals surface area (Å²) in [6.07, 6.45) is 1.02. The lowest BCUT2D eigenvalue weighted by molar-refractivity contribution is -0.139. The highest BCUT2D eigenvalue weighted by atomic mass is 35.5. The topological polar surface area (TPSA) is 86.8 Å². The normalized spacial score (nSPS) is 12.4. The van der Waals surface area contributed by atoms with Crippen LogP contribution in [0, 0.1) is 6.92 Å². The van der Waals surface area contributed by atoms with E-state index in [1.165, 1.54) is 11.0 Å². The zero-order valence-corrected chi connectivity index (χ0v) is 21.6. The summed E-state index contributed by atoms with van der Waals surface area (Å²) in [4.78, 5) is 27.5. The molecule has 0 fully saturated rings. The Kier molecular flexibility index (Phi) is 9.17. The Morgan fingerprint density at radius 1 is 1.06 bits per heavy atom. The number of amides is 2. The number of rotatable bonds is 9. The highest BCUT2D eigenvalue weighted by Crippen LogP contribution is 2.25. The average molecular weight is 514 g/mol. The zero-order valence-electron chi connectivity index (χ0n) is 19.3. The smallest absolute Gasteiger partial charge is 0.244 e. The number of halogens is 2. The van der Waals surface area contributed by atoms with Gasteiger partial charge in [-0.25, -0.2) is 8.42 Å². The van der Waals surface area contributed by atoms with Crippen LogP contribution in [0.2, 0.25) is 10.0 Å². The summed E-state index contributed by atoms with van der Waals surface area (Å²) in [6, 6.07) is 10.7. The number of carbonyl (C=O) groups is 2. The highest BCUT2D eigenvalue weighted by molar-refractivity contribution is 7.92. The predicted molar refractivity (Wildman–Crippen MR) is 133 cm³/mol. The number of nitrogens with zero attached hydrogens (tertiary/aromatic N) is 2. The minimum absolute atomic E-state index is 0.0817. The van der Waals surface area contributed by atoms with Gasteiger partial charge in [-0.2, -0.15) is 0 Å². The van der Waals surface area contributed by atoms with Gasteiger partial charge in [0.2, 0.25) is 21.8 Å². The molecule has 0 aliphatic carbocycles. The first kappa shape index (κ1) is 27.0. The Hall–Kier alpha value is -2.29. The van der Waals surface area contributed by atoms with Gasteiger partial charge in [0.1, 0.15) is 12.6 Å². The van der Waals surface area contributed by atoms with Crippen molar-refractivity contribution in [3.63, 3.8) is 0 Å². The lowest BCUT2D eigenvalue weighted by atomic mass is 10.1. The molecule has 2 amide bonds. The van der Waals surface area contributed by atoms with Crippen molar-refractivity contribution >= 4 is 50.7 Å². The fourth-order valence-electron chi connectivity index (χ4n) is 3.17. The second-order valence-electron chi connectivity index (χ2n) is 8.19. The van der Waals surface area contributed by atoms with Gasteiger partial charge in [-0.15, -0.1) is 0 Å². The molecule has 0 spiro atoms. The Morgan fingerprint density at radius 2 is 1.73 bits per heavy atom. The van der Waals surface area contributed by atoms with Crippen LogP contribution in [0.1, 0.15) is 31.9 Å². The van der Waals surface area contributed by atoms with E-state index in [2.05, 4.69) is 5.32 Å². The van der Waals surface area contributed by atoms with Crippen LogP contribution in [0.15, 0.2) is 42.5 Å². The molecule has 0 aliphatic heterocycles. The molecule has 0 bridgehead atoms. The maximum atomic E-state index is 13.4. The number of carbonyl (C=O) groups excluding carboxylic acids is 2. The molecule has 0 radical (unpaired) electrons. The van der Waals surface area contributed by atoms with E-state index in [0.717, 1.165) is 16.1 Å². The SMILES string of the molecule is Cc1ccc(N(CC(=O)N(Cc2cccc(Cl)c2)[C@@H](C)C(=O)NC(C)C)S(C)(=O)=O)cc1Cl. The molecule has 0 unspecified atom stereocenters. The van der Waals surface area contributed by atoms with Crippen molar-refractivity contribution in [1.82, 2.24) is 10.2 Å². The maximum Gasteiger partial charge on any atom is 0.244 e. The van der Waals surface area contributed by atoms with Crippen LogP contribution in [0.25, 0.3) is 0 Å². The summed E-state index contributed by atoms with van der Waals surface area (Å²) in [6.45, 7) is 6.63. The van der Waals surface area contributed by atoms with E-state index in [1.54, 1.807) is 50.2 Å². The predicted octanol–water partition coefficient (Wildman–Crippen LogP) is 4.01. The van der Waals surface area contributed by atoms with Crippen molar-refractivity contribution in [3.05, 3.63) is 63.6 Å². The van der Waals surface area contributed by atoms with E-state index < -0.39 is 28.5 Å². The molecule has 33 heavy (non-hydrogen) atoms. The fraction of sp³-hybridized carbons (Fsp3) is 0.391. The summed E-state index contributed by atoms with van der Waals surface area (Å²) in [5.74, 6) is -0.881. The second kappa shape index (κ2) is 11.2. The van der Waals surface area contributed by atoms with Crippen molar-refractivity contribution in [3.8, 4) is 0 Å². The number of anilines is 1. The monoisotopic (exact) mass is 513 g/mol. The molecular weight excluding hydrogens is 485 g/mol. The van der Waals surface area contributed by atoms with Gasteiger partial charge < -0.3 is 10.2 Å². The van der Waals surface area contributed by atoms with Crippen LogP contribution in [0.4, 0.5) is 5.69 Å². The second-order valence-corrected chi connectivity index (χ2v) is 10.9. The van der Waals surface area contributed by atoms with Gasteiger partial charge >= 0.3 is 0 Å². The molecule has 0 aromatic heterocycles. The van der Waals surface area contributed by atoms with Gasteiger partial charge in [0, 0.05) is 22.6 Å². The van der Waals surface area contributed by atoms with E-state index in [1.807, 2.05) is 13.8 Å². The average Bonchev–Trinajstić information content (AvgIpc) is 2.70. The van der Waals surface area contributed by atoms with Crippen LogP contribution in [-0.4, -0.2) is 50.0 Å². The third kappa shape index (κ3) is 7.62. The number of hydrogen-bond donors (Lipinski definition) is 1. The summed E-state index contributed by atoms with van der Waals surface area (Å²) in [7, 11) is -3.82. The van der Waals surface area contributed by atoms with Crippen molar-refractivity contribution in [2.75, 3.05) is 17.1 Å². The van der Waals surface area contributed by atoms with Gasteiger partial charge in [-0.05, 0) is 63.1 Å². The summed E-state index contributed by atoms with van der Waals surface area (Å²) in [5, 5.41) is 3.67. The van der Waals surface area contributed by atoms with E-state index in [-0.39, 0.29) is 24.2 Å². The van der Waals surface area contributed by atoms with E-state index in [4.69, 9.17) is 23.2 Å². The molecule has 2 aromatic carbocycles. The quantitative estimate of drug-likeness (QED) is 0.548. The minimum Gasteiger partial charge on any atom is -0.352 e.